The van der Waals surface area contributed by atoms with Crippen molar-refractivity contribution >= 4 is 23.5 Å². The van der Waals surface area contributed by atoms with E-state index in [1.807, 2.05) is 91.9 Å². The Morgan fingerprint density at radius 1 is 0.815 bits per heavy atom. The van der Waals surface area contributed by atoms with Crippen LogP contribution in [0.4, 0.5) is 0 Å². The molecule has 0 aliphatic heterocycles. The molecule has 0 spiro atoms. The SMILES string of the molecule is CC1(CP(=O)(c2ccccc2)c2ccccc2)CCc2ccccc2C1=O. The summed E-state index contributed by atoms with van der Waals surface area (Å²) in [6, 6.07) is 27.1. The molecule has 3 aromatic rings. The summed E-state index contributed by atoms with van der Waals surface area (Å²) in [5, 5.41) is 1.65. The van der Waals surface area contributed by atoms with Gasteiger partial charge in [-0.15, -0.1) is 0 Å². The fourth-order valence-electron chi connectivity index (χ4n) is 4.12. The smallest absolute Gasteiger partial charge is 0.169 e. The minimum Gasteiger partial charge on any atom is -0.314 e. The molecule has 0 heterocycles. The highest BCUT2D eigenvalue weighted by Gasteiger charge is 2.44. The molecule has 0 N–H and O–H groups in total. The van der Waals surface area contributed by atoms with Crippen molar-refractivity contribution in [2.75, 3.05) is 6.16 Å². The zero-order valence-corrected chi connectivity index (χ0v) is 16.4. The van der Waals surface area contributed by atoms with Crippen LogP contribution < -0.4 is 10.6 Å². The number of hydrogen-bond donors (Lipinski definition) is 0. The Bertz CT molecular complexity index is 967. The zero-order valence-electron chi connectivity index (χ0n) is 15.5. The van der Waals surface area contributed by atoms with Crippen molar-refractivity contribution in [2.45, 2.75) is 19.8 Å². The van der Waals surface area contributed by atoms with Gasteiger partial charge in [-0.3, -0.25) is 4.79 Å². The van der Waals surface area contributed by atoms with Gasteiger partial charge in [0.1, 0.15) is 7.14 Å². The normalized spacial score (nSPS) is 19.5. The monoisotopic (exact) mass is 374 g/mol. The Balaban J connectivity index is 1.79. The largest absolute Gasteiger partial charge is 0.314 e. The first-order valence-electron chi connectivity index (χ1n) is 9.36. The summed E-state index contributed by atoms with van der Waals surface area (Å²) in [6.07, 6.45) is 1.94. The Morgan fingerprint density at radius 2 is 1.33 bits per heavy atom. The number of carbonyl (C=O) groups excluding carboxylic acids is 1. The van der Waals surface area contributed by atoms with Crippen LogP contribution in [0.15, 0.2) is 84.9 Å². The number of carbonyl (C=O) groups is 1. The number of benzene rings is 3. The predicted octanol–water partition coefficient (Wildman–Crippen LogP) is 4.84. The quantitative estimate of drug-likeness (QED) is 0.613. The van der Waals surface area contributed by atoms with Gasteiger partial charge in [0.15, 0.2) is 5.78 Å². The average Bonchev–Trinajstić information content (AvgIpc) is 2.72. The summed E-state index contributed by atoms with van der Waals surface area (Å²) in [5.74, 6) is 0.122. The predicted molar refractivity (Wildman–Crippen MR) is 112 cm³/mol. The van der Waals surface area contributed by atoms with Crippen LogP contribution in [-0.2, 0) is 11.0 Å². The standard InChI is InChI=1S/C24H23O2P/c1-24(17-16-19-10-8-9-15-22(19)23(24)25)18-27(26,20-11-4-2-5-12-20)21-13-6-3-7-14-21/h2-15H,16-18H2,1H3. The first kappa shape index (κ1) is 17.9. The van der Waals surface area contributed by atoms with E-state index in [-0.39, 0.29) is 5.78 Å². The molecule has 4 rings (SSSR count). The molecule has 0 aromatic heterocycles. The minimum absolute atomic E-state index is 0.122. The maximum atomic E-state index is 14.4. The van der Waals surface area contributed by atoms with Crippen LogP contribution in [0.25, 0.3) is 0 Å². The Hall–Kier alpha value is -2.44. The number of rotatable bonds is 4. The maximum absolute atomic E-state index is 14.4. The summed E-state index contributed by atoms with van der Waals surface area (Å²) in [6.45, 7) is 1.99. The van der Waals surface area contributed by atoms with E-state index >= 15 is 0 Å². The van der Waals surface area contributed by atoms with Gasteiger partial charge in [-0.05, 0) is 18.4 Å². The lowest BCUT2D eigenvalue weighted by atomic mass is 9.73. The summed E-state index contributed by atoms with van der Waals surface area (Å²) in [4.78, 5) is 13.4. The van der Waals surface area contributed by atoms with E-state index in [1.165, 1.54) is 0 Å². The third-order valence-corrected chi connectivity index (χ3v) is 9.08. The second-order valence-corrected chi connectivity index (χ2v) is 10.4. The molecule has 0 fully saturated rings. The van der Waals surface area contributed by atoms with Gasteiger partial charge in [0.2, 0.25) is 0 Å². The van der Waals surface area contributed by atoms with Crippen molar-refractivity contribution in [1.29, 1.82) is 0 Å². The van der Waals surface area contributed by atoms with Gasteiger partial charge >= 0.3 is 0 Å². The van der Waals surface area contributed by atoms with E-state index in [0.29, 0.717) is 6.16 Å². The first-order valence-corrected chi connectivity index (χ1v) is 11.3. The second-order valence-electron chi connectivity index (χ2n) is 7.62. The lowest BCUT2D eigenvalue weighted by molar-refractivity contribution is 0.0815. The van der Waals surface area contributed by atoms with Crippen LogP contribution in [0.5, 0.6) is 0 Å². The molecular weight excluding hydrogens is 351 g/mol. The summed E-state index contributed by atoms with van der Waals surface area (Å²) < 4.78 is 14.4. The van der Waals surface area contributed by atoms with E-state index in [1.54, 1.807) is 0 Å². The Labute approximate surface area is 160 Å². The molecule has 0 saturated heterocycles. The van der Waals surface area contributed by atoms with Crippen molar-refractivity contribution in [1.82, 2.24) is 0 Å². The number of aryl methyl sites for hydroxylation is 1. The Kier molecular flexibility index (Phi) is 4.61. The first-order chi connectivity index (χ1) is 13.0. The van der Waals surface area contributed by atoms with E-state index in [2.05, 4.69) is 0 Å². The fraction of sp³-hybridized carbons (Fsp3) is 0.208. The maximum Gasteiger partial charge on any atom is 0.169 e. The molecule has 3 aromatic carbocycles. The lowest BCUT2D eigenvalue weighted by Crippen LogP contribution is -2.39. The minimum atomic E-state index is -2.93. The van der Waals surface area contributed by atoms with Gasteiger partial charge in [-0.1, -0.05) is 91.9 Å². The molecule has 1 unspecified atom stereocenters. The summed E-state index contributed by atoms with van der Waals surface area (Å²) >= 11 is 0. The van der Waals surface area contributed by atoms with Crippen LogP contribution in [0, 0.1) is 5.41 Å². The highest BCUT2D eigenvalue weighted by atomic mass is 31.2. The molecule has 3 heteroatoms. The summed E-state index contributed by atoms with van der Waals surface area (Å²) in [7, 11) is -2.93. The van der Waals surface area contributed by atoms with Crippen LogP contribution in [-0.4, -0.2) is 11.9 Å². The van der Waals surface area contributed by atoms with Gasteiger partial charge in [0, 0.05) is 27.7 Å². The van der Waals surface area contributed by atoms with Crippen molar-refractivity contribution in [3.8, 4) is 0 Å². The second kappa shape index (κ2) is 6.94. The third-order valence-electron chi connectivity index (χ3n) is 5.67. The molecule has 2 nitrogen and oxygen atoms in total. The molecule has 1 aliphatic carbocycles. The van der Waals surface area contributed by atoms with Gasteiger partial charge in [-0.2, -0.15) is 0 Å². The van der Waals surface area contributed by atoms with Crippen LogP contribution >= 0.6 is 7.14 Å². The topological polar surface area (TPSA) is 34.1 Å². The van der Waals surface area contributed by atoms with E-state index in [9.17, 15) is 9.36 Å². The van der Waals surface area contributed by atoms with E-state index in [0.717, 1.165) is 34.6 Å². The molecular formula is C24H23O2P. The van der Waals surface area contributed by atoms with Gasteiger partial charge < -0.3 is 4.57 Å². The Morgan fingerprint density at radius 3 is 1.93 bits per heavy atom. The molecule has 27 heavy (non-hydrogen) atoms. The van der Waals surface area contributed by atoms with Crippen molar-refractivity contribution < 1.29 is 9.36 Å². The lowest BCUT2D eigenvalue weighted by Gasteiger charge is -2.36. The van der Waals surface area contributed by atoms with Gasteiger partial charge in [0.05, 0.1) is 0 Å². The van der Waals surface area contributed by atoms with Gasteiger partial charge in [-0.25, -0.2) is 0 Å². The molecule has 0 bridgehead atoms. The zero-order chi connectivity index (χ0) is 18.9. The molecule has 0 radical (unpaired) electrons. The van der Waals surface area contributed by atoms with Crippen molar-refractivity contribution in [3.63, 3.8) is 0 Å². The van der Waals surface area contributed by atoms with Crippen molar-refractivity contribution in [3.05, 3.63) is 96.1 Å². The molecule has 1 aliphatic rings. The van der Waals surface area contributed by atoms with E-state index in [4.69, 9.17) is 0 Å². The molecule has 0 amide bonds. The van der Waals surface area contributed by atoms with Crippen LogP contribution in [0.2, 0.25) is 0 Å². The van der Waals surface area contributed by atoms with Crippen LogP contribution in [0.1, 0.15) is 29.3 Å². The fourth-order valence-corrected chi connectivity index (χ4v) is 7.38. The highest BCUT2D eigenvalue weighted by molar-refractivity contribution is 7.78. The number of ketones is 1. The highest BCUT2D eigenvalue weighted by Crippen LogP contribution is 2.51. The average molecular weight is 374 g/mol. The van der Waals surface area contributed by atoms with Crippen molar-refractivity contribution in [2.24, 2.45) is 5.41 Å². The molecule has 0 saturated carbocycles. The summed E-state index contributed by atoms with van der Waals surface area (Å²) in [5.41, 5.74) is 1.27. The molecule has 136 valence electrons. The molecule has 1 atom stereocenters. The number of fused-ring (bicyclic) bond motifs is 1. The number of Topliss-reactive ketones (excluding diaryl/α,β-unsaturated/α-hetero) is 1. The van der Waals surface area contributed by atoms with Gasteiger partial charge in [0.25, 0.3) is 0 Å². The van der Waals surface area contributed by atoms with E-state index < -0.39 is 12.6 Å². The van der Waals surface area contributed by atoms with Crippen LogP contribution in [0.3, 0.4) is 0 Å². The number of hydrogen-bond acceptors (Lipinski definition) is 2. The third kappa shape index (κ3) is 3.19.